The molecule has 0 amide bonds. The molecule has 3 aromatic rings. The van der Waals surface area contributed by atoms with Crippen LogP contribution in [0.1, 0.15) is 36.6 Å². The number of ether oxygens (including phenoxy) is 3. The molecule has 1 atom stereocenters. The van der Waals surface area contributed by atoms with Crippen molar-refractivity contribution in [2.45, 2.75) is 31.8 Å². The van der Waals surface area contributed by atoms with Crippen molar-refractivity contribution in [1.29, 1.82) is 0 Å². The first-order valence-electron chi connectivity index (χ1n) is 9.91. The van der Waals surface area contributed by atoms with Gasteiger partial charge >= 0.3 is 11.9 Å². The minimum atomic E-state index is -4.09. The highest BCUT2D eigenvalue weighted by molar-refractivity contribution is 7.90. The number of aromatic nitrogens is 1. The lowest BCUT2D eigenvalue weighted by atomic mass is 10.0. The maximum Gasteiger partial charge on any atom is 0.303 e. The summed E-state index contributed by atoms with van der Waals surface area (Å²) in [6, 6.07) is 9.53. The molecular weight excluding hydrogens is 446 g/mol. The molecule has 2 aromatic carbocycles. The van der Waals surface area contributed by atoms with Gasteiger partial charge in [0.25, 0.3) is 10.0 Å². The summed E-state index contributed by atoms with van der Waals surface area (Å²) in [5.41, 5.74) is 1.71. The Morgan fingerprint density at radius 1 is 1.09 bits per heavy atom. The third kappa shape index (κ3) is 4.71. The van der Waals surface area contributed by atoms with E-state index in [2.05, 4.69) is 5.92 Å². The lowest BCUT2D eigenvalue weighted by Gasteiger charge is -2.16. The van der Waals surface area contributed by atoms with Crippen molar-refractivity contribution >= 4 is 32.9 Å². The molecule has 0 radical (unpaired) electrons. The van der Waals surface area contributed by atoms with E-state index in [0.717, 1.165) is 9.54 Å². The van der Waals surface area contributed by atoms with Gasteiger partial charge in [-0.3, -0.25) is 9.59 Å². The number of carbonyl (C=O) groups is 2. The summed E-state index contributed by atoms with van der Waals surface area (Å²) in [5, 5.41) is 0.339. The maximum atomic E-state index is 13.6. The lowest BCUT2D eigenvalue weighted by Crippen LogP contribution is -2.17. The molecule has 8 nitrogen and oxygen atoms in total. The summed E-state index contributed by atoms with van der Waals surface area (Å²) in [5.74, 6) is 1.56. The lowest BCUT2D eigenvalue weighted by molar-refractivity contribution is -0.156. The number of nitrogens with zero attached hydrogens (tertiary/aromatic N) is 1. The maximum absolute atomic E-state index is 13.6. The molecule has 3 rings (SSSR count). The molecular formula is C24H23NO7S. The molecule has 0 saturated heterocycles. The molecule has 0 bridgehead atoms. The topological polar surface area (TPSA) is 101 Å². The van der Waals surface area contributed by atoms with Crippen LogP contribution >= 0.6 is 0 Å². The molecule has 172 valence electrons. The first kappa shape index (κ1) is 23.9. The van der Waals surface area contributed by atoms with E-state index in [1.54, 1.807) is 24.3 Å². The van der Waals surface area contributed by atoms with Crippen molar-refractivity contribution in [3.63, 3.8) is 0 Å². The summed E-state index contributed by atoms with van der Waals surface area (Å²) in [4.78, 5) is 23.3. The fraction of sp³-hybridized carbons (Fsp3) is 0.250. The standard InChI is InChI=1S/C24H23NO7S/c1-6-18-9-12-21(30-5)24-23(18)20(22(32-17(4)27)14-31-16(3)26)13-25(24)33(28,29)19-10-7-15(2)8-11-19/h1,7-13,22H,14H2,2-5H3. The fourth-order valence-electron chi connectivity index (χ4n) is 3.46. The fourth-order valence-corrected chi connectivity index (χ4v) is 4.84. The third-order valence-corrected chi connectivity index (χ3v) is 6.63. The average molecular weight is 470 g/mol. The molecule has 1 unspecified atom stereocenters. The highest BCUT2D eigenvalue weighted by atomic mass is 32.2. The summed E-state index contributed by atoms with van der Waals surface area (Å²) in [7, 11) is -2.69. The van der Waals surface area contributed by atoms with Crippen LogP contribution in [0, 0.1) is 19.3 Å². The number of terminal acetylenes is 1. The number of carbonyl (C=O) groups excluding carboxylic acids is 2. The number of benzene rings is 2. The molecule has 0 aliphatic rings. The van der Waals surface area contributed by atoms with Crippen LogP contribution in [0.15, 0.2) is 47.5 Å². The van der Waals surface area contributed by atoms with Crippen LogP contribution in [-0.2, 0) is 29.1 Å². The van der Waals surface area contributed by atoms with Crippen molar-refractivity contribution in [3.8, 4) is 18.1 Å². The number of hydrogen-bond donors (Lipinski definition) is 0. The average Bonchev–Trinajstić information content (AvgIpc) is 3.17. The number of methoxy groups -OCH3 is 1. The van der Waals surface area contributed by atoms with E-state index < -0.39 is 28.1 Å². The Bertz CT molecular complexity index is 1360. The number of aryl methyl sites for hydroxylation is 1. The van der Waals surface area contributed by atoms with Gasteiger partial charge in [0.2, 0.25) is 0 Å². The zero-order valence-corrected chi connectivity index (χ0v) is 19.4. The largest absolute Gasteiger partial charge is 0.495 e. The smallest absolute Gasteiger partial charge is 0.303 e. The zero-order valence-electron chi connectivity index (χ0n) is 18.6. The highest BCUT2D eigenvalue weighted by Crippen LogP contribution is 2.38. The van der Waals surface area contributed by atoms with Gasteiger partial charge in [-0.2, -0.15) is 0 Å². The third-order valence-electron chi connectivity index (χ3n) is 4.95. The van der Waals surface area contributed by atoms with E-state index in [-0.39, 0.29) is 28.3 Å². The monoisotopic (exact) mass is 469 g/mol. The predicted molar refractivity (Wildman–Crippen MR) is 121 cm³/mol. The zero-order chi connectivity index (χ0) is 24.3. The van der Waals surface area contributed by atoms with Crippen molar-refractivity contribution < 1.29 is 32.2 Å². The van der Waals surface area contributed by atoms with Crippen LogP contribution in [0.2, 0.25) is 0 Å². The Labute approximate surface area is 192 Å². The van der Waals surface area contributed by atoms with Crippen LogP contribution in [0.4, 0.5) is 0 Å². The Morgan fingerprint density at radius 3 is 2.30 bits per heavy atom. The minimum absolute atomic E-state index is 0.0498. The predicted octanol–water partition coefficient (Wildman–Crippen LogP) is 3.34. The highest BCUT2D eigenvalue weighted by Gasteiger charge is 2.30. The van der Waals surface area contributed by atoms with Crippen LogP contribution in [0.3, 0.4) is 0 Å². The van der Waals surface area contributed by atoms with Gasteiger partial charge in [-0.25, -0.2) is 12.4 Å². The molecule has 0 saturated carbocycles. The normalized spacial score (nSPS) is 12.1. The SMILES string of the molecule is C#Cc1ccc(OC)c2c1c(C(COC(C)=O)OC(C)=O)cn2S(=O)(=O)c1ccc(C)cc1. The summed E-state index contributed by atoms with van der Waals surface area (Å²) in [6.45, 7) is 3.94. The Kier molecular flexibility index (Phi) is 6.79. The van der Waals surface area contributed by atoms with Crippen molar-refractivity contribution in [2.75, 3.05) is 13.7 Å². The summed E-state index contributed by atoms with van der Waals surface area (Å²) in [6.07, 6.45) is 5.93. The molecule has 0 N–H and O–H groups in total. The van der Waals surface area contributed by atoms with E-state index in [4.69, 9.17) is 20.6 Å². The van der Waals surface area contributed by atoms with Gasteiger partial charge in [-0.15, -0.1) is 6.42 Å². The first-order valence-corrected chi connectivity index (χ1v) is 11.4. The second-order valence-corrected chi connectivity index (χ2v) is 9.10. The Morgan fingerprint density at radius 2 is 1.76 bits per heavy atom. The van der Waals surface area contributed by atoms with E-state index >= 15 is 0 Å². The number of esters is 2. The summed E-state index contributed by atoms with van der Waals surface area (Å²) < 4.78 is 44.2. The van der Waals surface area contributed by atoms with Crippen LogP contribution in [0.25, 0.3) is 10.9 Å². The van der Waals surface area contributed by atoms with E-state index in [0.29, 0.717) is 10.9 Å². The van der Waals surface area contributed by atoms with Gasteiger partial charge in [-0.05, 0) is 31.2 Å². The van der Waals surface area contributed by atoms with Crippen molar-refractivity contribution in [2.24, 2.45) is 0 Å². The van der Waals surface area contributed by atoms with Gasteiger partial charge in [-0.1, -0.05) is 23.6 Å². The number of fused-ring (bicyclic) bond motifs is 1. The molecule has 0 aliphatic heterocycles. The Balaban J connectivity index is 2.38. The van der Waals surface area contributed by atoms with Gasteiger partial charge < -0.3 is 14.2 Å². The van der Waals surface area contributed by atoms with E-state index in [1.807, 2.05) is 6.92 Å². The quantitative estimate of drug-likeness (QED) is 0.386. The van der Waals surface area contributed by atoms with Crippen LogP contribution in [-0.4, -0.2) is 38.0 Å². The summed E-state index contributed by atoms with van der Waals surface area (Å²) >= 11 is 0. The second kappa shape index (κ2) is 9.38. The molecule has 9 heteroatoms. The van der Waals surface area contributed by atoms with Gasteiger partial charge in [0, 0.05) is 36.6 Å². The minimum Gasteiger partial charge on any atom is -0.495 e. The van der Waals surface area contributed by atoms with Gasteiger partial charge in [0.15, 0.2) is 6.10 Å². The van der Waals surface area contributed by atoms with E-state index in [1.165, 1.54) is 39.3 Å². The number of hydrogen-bond acceptors (Lipinski definition) is 7. The van der Waals surface area contributed by atoms with Crippen LogP contribution < -0.4 is 4.74 Å². The van der Waals surface area contributed by atoms with Crippen molar-refractivity contribution in [3.05, 3.63) is 59.3 Å². The number of rotatable bonds is 7. The Hall–Kier alpha value is -3.77. The molecule has 0 fully saturated rings. The van der Waals surface area contributed by atoms with Gasteiger partial charge in [0.1, 0.15) is 17.9 Å². The first-order chi connectivity index (χ1) is 15.6. The molecule has 0 spiro atoms. The molecule has 1 aromatic heterocycles. The van der Waals surface area contributed by atoms with E-state index in [9.17, 15) is 18.0 Å². The molecule has 0 aliphatic carbocycles. The van der Waals surface area contributed by atoms with Crippen LogP contribution in [0.5, 0.6) is 5.75 Å². The molecule has 1 heterocycles. The van der Waals surface area contributed by atoms with Gasteiger partial charge in [0.05, 0.1) is 12.0 Å². The van der Waals surface area contributed by atoms with Crippen molar-refractivity contribution in [1.82, 2.24) is 3.97 Å². The molecule has 33 heavy (non-hydrogen) atoms. The second-order valence-electron chi connectivity index (χ2n) is 7.28.